The van der Waals surface area contributed by atoms with Crippen molar-refractivity contribution in [3.63, 3.8) is 0 Å². The van der Waals surface area contributed by atoms with Crippen LogP contribution >= 0.6 is 0 Å². The van der Waals surface area contributed by atoms with Crippen molar-refractivity contribution in [1.82, 2.24) is 24.7 Å². The first-order valence-electron chi connectivity index (χ1n) is 8.78. The summed E-state index contributed by atoms with van der Waals surface area (Å²) in [5.41, 5.74) is 0.604. The lowest BCUT2D eigenvalue weighted by molar-refractivity contribution is -0.137. The van der Waals surface area contributed by atoms with Crippen molar-refractivity contribution in [1.29, 1.82) is 0 Å². The third kappa shape index (κ3) is 3.59. The van der Waals surface area contributed by atoms with Crippen LogP contribution in [0.4, 0.5) is 19.0 Å². The van der Waals surface area contributed by atoms with E-state index in [1.165, 1.54) is 22.9 Å². The average Bonchev–Trinajstić information content (AvgIpc) is 3.06. The molecule has 6 nitrogen and oxygen atoms in total. The van der Waals surface area contributed by atoms with Crippen LogP contribution in [0.25, 0.3) is 17.0 Å². The van der Waals surface area contributed by atoms with Crippen LogP contribution in [0.15, 0.2) is 36.9 Å². The van der Waals surface area contributed by atoms with Gasteiger partial charge in [0.2, 0.25) is 0 Å². The highest BCUT2D eigenvalue weighted by Crippen LogP contribution is 2.30. The molecular weight excluding hydrogens is 357 g/mol. The summed E-state index contributed by atoms with van der Waals surface area (Å²) >= 11 is 0. The smallest absolute Gasteiger partial charge is 0.364 e. The first kappa shape index (κ1) is 17.7. The SMILES string of the molecule is C[C@H]1NCCC[C@H]1Nc1cncc(-c2cnc3ccc(C(F)(F)F)cn23)n1. The van der Waals surface area contributed by atoms with Gasteiger partial charge < -0.3 is 10.6 Å². The lowest BCUT2D eigenvalue weighted by atomic mass is 10.00. The highest BCUT2D eigenvalue weighted by Gasteiger charge is 2.31. The predicted molar refractivity (Wildman–Crippen MR) is 95.3 cm³/mol. The number of alkyl halides is 3. The third-order valence-electron chi connectivity index (χ3n) is 4.82. The van der Waals surface area contributed by atoms with Gasteiger partial charge in [-0.05, 0) is 38.4 Å². The molecule has 0 saturated carbocycles. The van der Waals surface area contributed by atoms with E-state index in [1.54, 1.807) is 6.20 Å². The molecule has 9 heteroatoms. The second-order valence-corrected chi connectivity index (χ2v) is 6.71. The number of rotatable bonds is 3. The number of hydrogen-bond acceptors (Lipinski definition) is 5. The fourth-order valence-corrected chi connectivity index (χ4v) is 3.33. The number of hydrogen-bond donors (Lipinski definition) is 2. The van der Waals surface area contributed by atoms with Crippen molar-refractivity contribution in [3.05, 3.63) is 42.5 Å². The number of nitrogens with zero attached hydrogens (tertiary/aromatic N) is 4. The average molecular weight is 376 g/mol. The highest BCUT2D eigenvalue weighted by molar-refractivity contribution is 5.61. The Morgan fingerprint density at radius 3 is 2.85 bits per heavy atom. The zero-order valence-corrected chi connectivity index (χ0v) is 14.7. The second kappa shape index (κ2) is 6.80. The largest absolute Gasteiger partial charge is 0.417 e. The molecule has 1 saturated heterocycles. The molecule has 0 bridgehead atoms. The van der Waals surface area contributed by atoms with Crippen LogP contribution in [-0.2, 0) is 6.18 Å². The molecule has 2 atom stereocenters. The quantitative estimate of drug-likeness (QED) is 0.734. The fraction of sp³-hybridized carbons (Fsp3) is 0.389. The number of pyridine rings is 1. The van der Waals surface area contributed by atoms with Crippen LogP contribution in [0.1, 0.15) is 25.3 Å². The molecule has 0 amide bonds. The van der Waals surface area contributed by atoms with Crippen LogP contribution in [0.3, 0.4) is 0 Å². The molecule has 0 unspecified atom stereocenters. The van der Waals surface area contributed by atoms with Gasteiger partial charge in [0.1, 0.15) is 17.2 Å². The van der Waals surface area contributed by atoms with Crippen molar-refractivity contribution >= 4 is 11.5 Å². The zero-order valence-electron chi connectivity index (χ0n) is 14.7. The molecule has 0 radical (unpaired) electrons. The maximum absolute atomic E-state index is 13.0. The Bertz CT molecular complexity index is 952. The molecule has 0 aliphatic carbocycles. The molecule has 1 aliphatic heterocycles. The molecule has 4 rings (SSSR count). The van der Waals surface area contributed by atoms with Gasteiger partial charge in [-0.25, -0.2) is 9.97 Å². The Morgan fingerprint density at radius 2 is 2.07 bits per heavy atom. The summed E-state index contributed by atoms with van der Waals surface area (Å²) in [6, 6.07) is 2.89. The van der Waals surface area contributed by atoms with E-state index in [2.05, 4.69) is 32.5 Å². The predicted octanol–water partition coefficient (Wildman–Crippen LogP) is 3.36. The molecule has 1 aliphatic rings. The number of imidazole rings is 1. The van der Waals surface area contributed by atoms with Crippen LogP contribution in [0.2, 0.25) is 0 Å². The Hall–Kier alpha value is -2.68. The van der Waals surface area contributed by atoms with Gasteiger partial charge >= 0.3 is 6.18 Å². The molecular formula is C18H19F3N6. The Morgan fingerprint density at radius 1 is 1.22 bits per heavy atom. The van der Waals surface area contributed by atoms with E-state index in [9.17, 15) is 13.2 Å². The monoisotopic (exact) mass is 376 g/mol. The lowest BCUT2D eigenvalue weighted by Gasteiger charge is -2.30. The van der Waals surface area contributed by atoms with Crippen molar-refractivity contribution < 1.29 is 13.2 Å². The Kier molecular flexibility index (Phi) is 4.47. The summed E-state index contributed by atoms with van der Waals surface area (Å²) in [5.74, 6) is 0.593. The van der Waals surface area contributed by atoms with Gasteiger partial charge in [0, 0.05) is 18.3 Å². The molecule has 0 aromatic carbocycles. The van der Waals surface area contributed by atoms with Crippen LogP contribution in [-0.4, -0.2) is 38.0 Å². The highest BCUT2D eigenvalue weighted by atomic mass is 19.4. The summed E-state index contributed by atoms with van der Waals surface area (Å²) in [6.45, 7) is 3.10. The normalized spacial score (nSPS) is 20.7. The molecule has 3 aromatic heterocycles. The third-order valence-corrected chi connectivity index (χ3v) is 4.82. The molecule has 0 spiro atoms. The maximum Gasteiger partial charge on any atom is 0.417 e. The van der Waals surface area contributed by atoms with E-state index in [1.807, 2.05) is 0 Å². The van der Waals surface area contributed by atoms with Crippen LogP contribution in [0.5, 0.6) is 0 Å². The number of piperidine rings is 1. The lowest BCUT2D eigenvalue weighted by Crippen LogP contribution is -2.46. The van der Waals surface area contributed by atoms with Gasteiger partial charge in [-0.1, -0.05) is 0 Å². The summed E-state index contributed by atoms with van der Waals surface area (Å²) in [5, 5.41) is 6.78. The van der Waals surface area contributed by atoms with Crippen molar-refractivity contribution in [2.24, 2.45) is 0 Å². The Balaban J connectivity index is 1.67. The van der Waals surface area contributed by atoms with Crippen LogP contribution in [0, 0.1) is 0 Å². The van der Waals surface area contributed by atoms with Crippen molar-refractivity contribution in [3.8, 4) is 11.4 Å². The minimum atomic E-state index is -4.42. The van der Waals surface area contributed by atoms with Crippen molar-refractivity contribution in [2.45, 2.75) is 38.0 Å². The summed E-state index contributed by atoms with van der Waals surface area (Å²) in [6.07, 6.45) is 3.36. The van der Waals surface area contributed by atoms with Gasteiger partial charge in [0.25, 0.3) is 0 Å². The van der Waals surface area contributed by atoms with Gasteiger partial charge in [0.05, 0.1) is 29.8 Å². The maximum atomic E-state index is 13.0. The van der Waals surface area contributed by atoms with E-state index >= 15 is 0 Å². The van der Waals surface area contributed by atoms with Gasteiger partial charge in [0.15, 0.2) is 0 Å². The molecule has 27 heavy (non-hydrogen) atoms. The summed E-state index contributed by atoms with van der Waals surface area (Å²) < 4.78 is 40.5. The summed E-state index contributed by atoms with van der Waals surface area (Å²) in [4.78, 5) is 12.9. The number of fused-ring (bicyclic) bond motifs is 1. The van der Waals surface area contributed by atoms with Gasteiger partial charge in [-0.2, -0.15) is 13.2 Å². The van der Waals surface area contributed by atoms with Gasteiger partial charge in [-0.15, -0.1) is 0 Å². The topological polar surface area (TPSA) is 67.1 Å². The number of aromatic nitrogens is 4. The first-order valence-corrected chi connectivity index (χ1v) is 8.78. The van der Waals surface area contributed by atoms with Crippen molar-refractivity contribution in [2.75, 3.05) is 11.9 Å². The number of halogens is 3. The molecule has 2 N–H and O–H groups in total. The molecule has 4 heterocycles. The summed E-state index contributed by atoms with van der Waals surface area (Å²) in [7, 11) is 0. The minimum Gasteiger partial charge on any atom is -0.364 e. The number of anilines is 1. The van der Waals surface area contributed by atoms with E-state index < -0.39 is 11.7 Å². The zero-order chi connectivity index (χ0) is 19.0. The van der Waals surface area contributed by atoms with E-state index in [-0.39, 0.29) is 6.04 Å². The molecule has 142 valence electrons. The Labute approximate surface area is 153 Å². The number of nitrogens with one attached hydrogen (secondary N) is 2. The van der Waals surface area contributed by atoms with Gasteiger partial charge in [-0.3, -0.25) is 9.38 Å². The minimum absolute atomic E-state index is 0.224. The van der Waals surface area contributed by atoms with Crippen LogP contribution < -0.4 is 10.6 Å². The second-order valence-electron chi connectivity index (χ2n) is 6.71. The van der Waals surface area contributed by atoms with E-state index in [0.29, 0.717) is 28.9 Å². The van der Waals surface area contributed by atoms with E-state index in [0.717, 1.165) is 31.6 Å². The first-order chi connectivity index (χ1) is 12.9. The fourth-order valence-electron chi connectivity index (χ4n) is 3.33. The van der Waals surface area contributed by atoms with E-state index in [4.69, 9.17) is 0 Å². The standard InChI is InChI=1S/C18H19F3N6/c1-11-13(3-2-6-23-11)25-16-9-22-7-14(26-16)15-8-24-17-5-4-12(10-27(15)17)18(19,20)21/h4-5,7-11,13,23H,2-3,6H2,1H3,(H,25,26)/t11-,13-/m1/s1. The molecule has 3 aromatic rings. The molecule has 1 fully saturated rings.